The van der Waals surface area contributed by atoms with Crippen LogP contribution in [-0.2, 0) is 6.61 Å². The molecule has 0 aliphatic rings. The summed E-state index contributed by atoms with van der Waals surface area (Å²) in [5.74, 6) is 0.544. The van der Waals surface area contributed by atoms with Crippen LogP contribution >= 0.6 is 34.2 Å². The molecule has 2 heterocycles. The van der Waals surface area contributed by atoms with Crippen LogP contribution in [0.1, 0.15) is 5.56 Å². The fourth-order valence-corrected chi connectivity index (χ4v) is 2.94. The van der Waals surface area contributed by atoms with Crippen LogP contribution in [0.3, 0.4) is 0 Å². The molecular formula is C15H12ClIN2O2. The summed E-state index contributed by atoms with van der Waals surface area (Å²) in [6, 6.07) is 7.47. The van der Waals surface area contributed by atoms with Gasteiger partial charge in [-0.1, -0.05) is 11.6 Å². The number of methoxy groups -OCH3 is 1. The summed E-state index contributed by atoms with van der Waals surface area (Å²) in [5, 5.41) is 10.1. The van der Waals surface area contributed by atoms with Crippen LogP contribution in [0.5, 0.6) is 5.75 Å². The molecule has 0 amide bonds. The molecule has 0 aliphatic heterocycles. The van der Waals surface area contributed by atoms with Gasteiger partial charge in [0, 0.05) is 21.5 Å². The summed E-state index contributed by atoms with van der Waals surface area (Å²) < 4.78 is 8.26. The first-order valence-electron chi connectivity index (χ1n) is 6.24. The number of hydrogen-bond acceptors (Lipinski definition) is 3. The SMILES string of the molecule is COc1cc(CO)c(-c2cn3cc(I)ccc3n2)cc1Cl. The Labute approximate surface area is 140 Å². The Morgan fingerprint density at radius 1 is 1.33 bits per heavy atom. The molecule has 0 aliphatic carbocycles. The predicted molar refractivity (Wildman–Crippen MR) is 90.8 cm³/mol. The van der Waals surface area contributed by atoms with E-state index in [1.165, 1.54) is 0 Å². The quantitative estimate of drug-likeness (QED) is 0.664. The lowest BCUT2D eigenvalue weighted by Gasteiger charge is -2.09. The zero-order valence-corrected chi connectivity index (χ0v) is 14.1. The average Bonchev–Trinajstić information content (AvgIpc) is 2.89. The highest BCUT2D eigenvalue weighted by Crippen LogP contribution is 2.33. The zero-order chi connectivity index (χ0) is 15.0. The molecule has 108 valence electrons. The highest BCUT2D eigenvalue weighted by atomic mass is 127. The van der Waals surface area contributed by atoms with Crippen molar-refractivity contribution in [2.75, 3.05) is 7.11 Å². The van der Waals surface area contributed by atoms with Gasteiger partial charge in [-0.2, -0.15) is 0 Å². The second-order valence-electron chi connectivity index (χ2n) is 4.54. The molecule has 0 bridgehead atoms. The topological polar surface area (TPSA) is 46.8 Å². The van der Waals surface area contributed by atoms with Crippen molar-refractivity contribution < 1.29 is 9.84 Å². The molecule has 0 saturated carbocycles. The maximum Gasteiger partial charge on any atom is 0.137 e. The van der Waals surface area contributed by atoms with Gasteiger partial charge in [0.25, 0.3) is 0 Å². The number of pyridine rings is 1. The summed E-state index contributed by atoms with van der Waals surface area (Å²) in [4.78, 5) is 4.58. The number of hydrogen-bond donors (Lipinski definition) is 1. The third-order valence-corrected chi connectivity index (χ3v) is 4.17. The number of halogens is 2. The Balaban J connectivity index is 2.19. The third kappa shape index (κ3) is 2.73. The molecule has 1 aromatic carbocycles. The molecule has 2 aromatic heterocycles. The third-order valence-electron chi connectivity index (χ3n) is 3.24. The summed E-state index contributed by atoms with van der Waals surface area (Å²) in [5.41, 5.74) is 3.16. The van der Waals surface area contributed by atoms with E-state index in [-0.39, 0.29) is 6.61 Å². The minimum atomic E-state index is -0.103. The molecular weight excluding hydrogens is 403 g/mol. The molecule has 3 aromatic rings. The van der Waals surface area contributed by atoms with Gasteiger partial charge >= 0.3 is 0 Å². The van der Waals surface area contributed by atoms with Crippen LogP contribution in [0, 0.1) is 3.57 Å². The van der Waals surface area contributed by atoms with Gasteiger partial charge in [-0.3, -0.25) is 0 Å². The Kier molecular flexibility index (Phi) is 4.05. The first-order valence-corrected chi connectivity index (χ1v) is 7.70. The monoisotopic (exact) mass is 414 g/mol. The van der Waals surface area contributed by atoms with E-state index in [1.54, 1.807) is 19.2 Å². The molecule has 0 spiro atoms. The highest BCUT2D eigenvalue weighted by molar-refractivity contribution is 14.1. The van der Waals surface area contributed by atoms with Crippen molar-refractivity contribution in [2.45, 2.75) is 6.61 Å². The maximum atomic E-state index is 9.58. The summed E-state index contributed by atoms with van der Waals surface area (Å²) in [7, 11) is 1.55. The Hall–Kier alpha value is -1.31. The van der Waals surface area contributed by atoms with Crippen molar-refractivity contribution >= 4 is 39.8 Å². The standard InChI is InChI=1S/C15H12ClIN2O2/c1-21-14-4-9(8-20)11(5-12(14)16)13-7-19-6-10(17)2-3-15(19)18-13/h2-7,20H,8H2,1H3. The molecule has 3 rings (SSSR count). The van der Waals surface area contributed by atoms with E-state index in [0.717, 1.165) is 26.0 Å². The van der Waals surface area contributed by atoms with E-state index in [2.05, 4.69) is 27.6 Å². The number of fused-ring (bicyclic) bond motifs is 1. The molecule has 0 fully saturated rings. The average molecular weight is 415 g/mol. The van der Waals surface area contributed by atoms with Gasteiger partial charge in [-0.15, -0.1) is 0 Å². The fraction of sp³-hybridized carbons (Fsp3) is 0.133. The second-order valence-corrected chi connectivity index (χ2v) is 6.19. The van der Waals surface area contributed by atoms with Crippen LogP contribution < -0.4 is 4.74 Å². The molecule has 21 heavy (non-hydrogen) atoms. The molecule has 6 heteroatoms. The number of benzene rings is 1. The first kappa shape index (κ1) is 14.6. The van der Waals surface area contributed by atoms with E-state index < -0.39 is 0 Å². The molecule has 0 atom stereocenters. The van der Waals surface area contributed by atoms with Crippen molar-refractivity contribution in [3.8, 4) is 17.0 Å². The van der Waals surface area contributed by atoms with E-state index in [4.69, 9.17) is 16.3 Å². The van der Waals surface area contributed by atoms with Gasteiger partial charge in [0.05, 0.1) is 24.4 Å². The smallest absolute Gasteiger partial charge is 0.137 e. The van der Waals surface area contributed by atoms with Crippen molar-refractivity contribution in [3.63, 3.8) is 0 Å². The van der Waals surface area contributed by atoms with Crippen molar-refractivity contribution in [1.82, 2.24) is 9.38 Å². The lowest BCUT2D eigenvalue weighted by atomic mass is 10.1. The zero-order valence-electron chi connectivity index (χ0n) is 11.2. The Morgan fingerprint density at radius 3 is 2.86 bits per heavy atom. The minimum Gasteiger partial charge on any atom is -0.495 e. The maximum absolute atomic E-state index is 9.58. The minimum absolute atomic E-state index is 0.103. The molecule has 0 radical (unpaired) electrons. The first-order chi connectivity index (χ1) is 10.1. The van der Waals surface area contributed by atoms with Crippen LogP contribution in [0.25, 0.3) is 16.9 Å². The second kappa shape index (κ2) is 5.82. The van der Waals surface area contributed by atoms with Gasteiger partial charge < -0.3 is 14.2 Å². The van der Waals surface area contributed by atoms with Gasteiger partial charge in [0.15, 0.2) is 0 Å². The van der Waals surface area contributed by atoms with Gasteiger partial charge in [0.1, 0.15) is 11.4 Å². The van der Waals surface area contributed by atoms with Crippen molar-refractivity contribution in [3.05, 3.63) is 50.8 Å². The van der Waals surface area contributed by atoms with E-state index >= 15 is 0 Å². The predicted octanol–water partition coefficient (Wildman–Crippen LogP) is 3.76. The summed E-state index contributed by atoms with van der Waals surface area (Å²) >= 11 is 8.44. The lowest BCUT2D eigenvalue weighted by Crippen LogP contribution is -1.93. The van der Waals surface area contributed by atoms with E-state index in [0.29, 0.717) is 10.8 Å². The van der Waals surface area contributed by atoms with Crippen LogP contribution in [0.15, 0.2) is 36.7 Å². The fourth-order valence-electron chi connectivity index (χ4n) is 2.22. The highest BCUT2D eigenvalue weighted by Gasteiger charge is 2.13. The van der Waals surface area contributed by atoms with Crippen molar-refractivity contribution in [2.24, 2.45) is 0 Å². The summed E-state index contributed by atoms with van der Waals surface area (Å²) in [6.45, 7) is -0.103. The number of ether oxygens (including phenoxy) is 1. The van der Waals surface area contributed by atoms with E-state index in [9.17, 15) is 5.11 Å². The van der Waals surface area contributed by atoms with E-state index in [1.807, 2.05) is 28.9 Å². The van der Waals surface area contributed by atoms with Gasteiger partial charge in [-0.25, -0.2) is 4.98 Å². The number of aromatic nitrogens is 2. The molecule has 1 N–H and O–H groups in total. The molecule has 0 saturated heterocycles. The number of aliphatic hydroxyl groups is 1. The number of aliphatic hydroxyl groups excluding tert-OH is 1. The number of rotatable bonds is 3. The Bertz CT molecular complexity index is 817. The Morgan fingerprint density at radius 2 is 2.14 bits per heavy atom. The summed E-state index contributed by atoms with van der Waals surface area (Å²) in [6.07, 6.45) is 3.92. The number of imidazole rings is 1. The van der Waals surface area contributed by atoms with Gasteiger partial charge in [0.2, 0.25) is 0 Å². The van der Waals surface area contributed by atoms with Gasteiger partial charge in [-0.05, 0) is 52.4 Å². The largest absolute Gasteiger partial charge is 0.495 e. The number of nitrogens with zero attached hydrogens (tertiary/aromatic N) is 2. The molecule has 0 unspecified atom stereocenters. The lowest BCUT2D eigenvalue weighted by molar-refractivity contribution is 0.281. The molecule has 4 nitrogen and oxygen atoms in total. The van der Waals surface area contributed by atoms with Crippen LogP contribution in [0.2, 0.25) is 5.02 Å². The van der Waals surface area contributed by atoms with Crippen molar-refractivity contribution in [1.29, 1.82) is 0 Å². The normalized spacial score (nSPS) is 11.0. The van der Waals surface area contributed by atoms with Crippen LogP contribution in [0.4, 0.5) is 0 Å². The van der Waals surface area contributed by atoms with Crippen LogP contribution in [-0.4, -0.2) is 21.6 Å².